The summed E-state index contributed by atoms with van der Waals surface area (Å²) in [6.45, 7) is 7.94. The Morgan fingerprint density at radius 2 is 1.79 bits per heavy atom. The fraction of sp³-hybridized carbons (Fsp3) is 0.111. The van der Waals surface area contributed by atoms with E-state index in [-0.39, 0.29) is 5.82 Å². The Morgan fingerprint density at radius 1 is 1.00 bits per heavy atom. The Hall–Kier alpha value is -4.19. The molecule has 0 fully saturated rings. The van der Waals surface area contributed by atoms with Gasteiger partial charge in [-0.2, -0.15) is 0 Å². The topological polar surface area (TPSA) is 62.5 Å². The molecule has 0 bridgehead atoms. The van der Waals surface area contributed by atoms with Crippen LogP contribution in [0, 0.1) is 12.7 Å². The van der Waals surface area contributed by atoms with Gasteiger partial charge in [0, 0.05) is 36.3 Å². The zero-order valence-electron chi connectivity index (χ0n) is 18.6. The second kappa shape index (κ2) is 9.96. The number of aromatic nitrogens is 2. The van der Waals surface area contributed by atoms with E-state index in [1.54, 1.807) is 37.8 Å². The summed E-state index contributed by atoms with van der Waals surface area (Å²) in [5, 5.41) is 3.42. The van der Waals surface area contributed by atoms with Gasteiger partial charge in [0.1, 0.15) is 5.82 Å². The van der Waals surface area contributed by atoms with Crippen molar-refractivity contribution < 1.29 is 4.39 Å². The summed E-state index contributed by atoms with van der Waals surface area (Å²) in [6, 6.07) is 16.9. The highest BCUT2D eigenvalue weighted by atomic mass is 19.1. The van der Waals surface area contributed by atoms with Gasteiger partial charge in [0.15, 0.2) is 0 Å². The van der Waals surface area contributed by atoms with Gasteiger partial charge in [-0.1, -0.05) is 6.07 Å². The molecule has 33 heavy (non-hydrogen) atoms. The van der Waals surface area contributed by atoms with Crippen LogP contribution >= 0.6 is 0 Å². The number of benzene rings is 2. The molecule has 4 aromatic rings. The van der Waals surface area contributed by atoms with Crippen molar-refractivity contribution >= 4 is 30.0 Å². The summed E-state index contributed by atoms with van der Waals surface area (Å²) in [7, 11) is 0. The first kappa shape index (κ1) is 22.0. The van der Waals surface area contributed by atoms with Crippen LogP contribution in [0.2, 0.25) is 0 Å². The van der Waals surface area contributed by atoms with Gasteiger partial charge in [-0.25, -0.2) is 4.39 Å². The van der Waals surface area contributed by atoms with E-state index in [0.717, 1.165) is 39.3 Å². The van der Waals surface area contributed by atoms with Crippen LogP contribution in [0.15, 0.2) is 83.2 Å². The normalized spacial score (nSPS) is 11.0. The second-order valence-electron chi connectivity index (χ2n) is 7.54. The highest BCUT2D eigenvalue weighted by Crippen LogP contribution is 2.38. The van der Waals surface area contributed by atoms with Gasteiger partial charge in [-0.3, -0.25) is 20.0 Å². The quantitative estimate of drug-likeness (QED) is 0.319. The number of hydrogen-bond acceptors (Lipinski definition) is 5. The van der Waals surface area contributed by atoms with Gasteiger partial charge in [0.05, 0.1) is 29.0 Å². The summed E-state index contributed by atoms with van der Waals surface area (Å²) in [4.78, 5) is 17.3. The first-order valence-corrected chi connectivity index (χ1v) is 10.6. The van der Waals surface area contributed by atoms with Gasteiger partial charge in [-0.15, -0.1) is 0 Å². The molecule has 2 aromatic heterocycles. The average Bonchev–Trinajstić information content (AvgIpc) is 2.85. The predicted molar refractivity (Wildman–Crippen MR) is 134 cm³/mol. The molecule has 1 N–H and O–H groups in total. The largest absolute Gasteiger partial charge is 0.380 e. The van der Waals surface area contributed by atoms with Gasteiger partial charge >= 0.3 is 0 Å². The van der Waals surface area contributed by atoms with E-state index in [4.69, 9.17) is 4.98 Å². The zero-order chi connectivity index (χ0) is 23.2. The Labute approximate surface area is 192 Å². The predicted octanol–water partition coefficient (Wildman–Crippen LogP) is 6.92. The maximum Gasteiger partial charge on any atom is 0.126 e. The smallest absolute Gasteiger partial charge is 0.126 e. The van der Waals surface area contributed by atoms with Gasteiger partial charge in [-0.05, 0) is 85.8 Å². The molecule has 164 valence electrons. The number of aliphatic imine (C=N–C) groups is 2. The van der Waals surface area contributed by atoms with Gasteiger partial charge < -0.3 is 5.32 Å². The molecule has 0 aliphatic carbocycles. The lowest BCUT2D eigenvalue weighted by atomic mass is 9.97. The van der Waals surface area contributed by atoms with Crippen LogP contribution in [0.25, 0.3) is 22.4 Å². The summed E-state index contributed by atoms with van der Waals surface area (Å²) in [5.74, 6) is -0.240. The summed E-state index contributed by atoms with van der Waals surface area (Å²) in [5.41, 5.74) is 7.40. The SMILES string of the molecule is C=Nc1cc(-c2cc(NCc3ccncc3)cnc2-c2ccc(F)c(C)c2)ccc1N=CC. The molecular formula is C27H24FN5. The number of aryl methyl sites for hydroxylation is 1. The van der Waals surface area contributed by atoms with Crippen molar-refractivity contribution in [2.45, 2.75) is 20.4 Å². The van der Waals surface area contributed by atoms with Crippen molar-refractivity contribution in [3.05, 3.63) is 90.1 Å². The molecule has 0 aliphatic heterocycles. The number of nitrogens with zero attached hydrogens (tertiary/aromatic N) is 4. The molecule has 0 unspecified atom stereocenters. The second-order valence-corrected chi connectivity index (χ2v) is 7.54. The van der Waals surface area contributed by atoms with Crippen LogP contribution in [0.5, 0.6) is 0 Å². The number of rotatable bonds is 7. The van der Waals surface area contributed by atoms with E-state index in [0.29, 0.717) is 17.8 Å². The van der Waals surface area contributed by atoms with E-state index < -0.39 is 0 Å². The Kier molecular flexibility index (Phi) is 6.64. The molecule has 6 heteroatoms. The molecule has 0 radical (unpaired) electrons. The Balaban J connectivity index is 1.80. The maximum atomic E-state index is 13.9. The highest BCUT2D eigenvalue weighted by Gasteiger charge is 2.14. The van der Waals surface area contributed by atoms with E-state index >= 15 is 0 Å². The molecule has 0 amide bonds. The summed E-state index contributed by atoms with van der Waals surface area (Å²) >= 11 is 0. The molecule has 5 nitrogen and oxygen atoms in total. The third kappa shape index (κ3) is 5.01. The van der Waals surface area contributed by atoms with Gasteiger partial charge in [0.25, 0.3) is 0 Å². The van der Waals surface area contributed by atoms with Crippen molar-refractivity contribution in [3.63, 3.8) is 0 Å². The molecule has 0 spiro atoms. The number of halogens is 1. The number of nitrogens with one attached hydrogen (secondary N) is 1. The lowest BCUT2D eigenvalue weighted by Gasteiger charge is -2.14. The fourth-order valence-electron chi connectivity index (χ4n) is 3.57. The van der Waals surface area contributed by atoms with Crippen molar-refractivity contribution in [2.75, 3.05) is 5.32 Å². The van der Waals surface area contributed by atoms with Crippen molar-refractivity contribution in [2.24, 2.45) is 9.98 Å². The van der Waals surface area contributed by atoms with Crippen LogP contribution in [-0.2, 0) is 6.54 Å². The molecule has 0 aliphatic rings. The molecule has 0 atom stereocenters. The van der Waals surface area contributed by atoms with Crippen molar-refractivity contribution in [1.29, 1.82) is 0 Å². The van der Waals surface area contributed by atoms with Crippen LogP contribution in [-0.4, -0.2) is 22.9 Å². The van der Waals surface area contributed by atoms with Crippen LogP contribution in [0.3, 0.4) is 0 Å². The van der Waals surface area contributed by atoms with E-state index in [2.05, 4.69) is 27.0 Å². The summed E-state index contributed by atoms with van der Waals surface area (Å²) < 4.78 is 13.9. The van der Waals surface area contributed by atoms with E-state index in [9.17, 15) is 4.39 Å². The van der Waals surface area contributed by atoms with Crippen molar-refractivity contribution in [3.8, 4) is 22.4 Å². The average molecular weight is 438 g/mol. The molecular weight excluding hydrogens is 413 g/mol. The third-order valence-corrected chi connectivity index (χ3v) is 5.29. The van der Waals surface area contributed by atoms with Crippen molar-refractivity contribution in [1.82, 2.24) is 9.97 Å². The minimum Gasteiger partial charge on any atom is -0.380 e. The monoisotopic (exact) mass is 437 g/mol. The third-order valence-electron chi connectivity index (χ3n) is 5.29. The zero-order valence-corrected chi connectivity index (χ0v) is 18.6. The maximum absolute atomic E-state index is 13.9. The highest BCUT2D eigenvalue weighted by molar-refractivity contribution is 5.86. The van der Waals surface area contributed by atoms with E-state index in [1.165, 1.54) is 6.07 Å². The van der Waals surface area contributed by atoms with Crippen LogP contribution in [0.1, 0.15) is 18.1 Å². The standard InChI is InChI=1S/C27H24FN5/c1-4-31-25-8-6-20(14-26(25)29-3)23-15-22(32-16-19-9-11-30-12-10-19)17-33-27(23)21-5-7-24(28)18(2)13-21/h4-15,17,32H,3,16H2,1-2H3. The van der Waals surface area contributed by atoms with Crippen LogP contribution < -0.4 is 5.32 Å². The molecule has 2 aromatic carbocycles. The minimum absolute atomic E-state index is 0.240. The fourth-order valence-corrected chi connectivity index (χ4v) is 3.57. The lowest BCUT2D eigenvalue weighted by molar-refractivity contribution is 0.619. The lowest BCUT2D eigenvalue weighted by Crippen LogP contribution is -2.01. The number of hydrogen-bond donors (Lipinski definition) is 1. The van der Waals surface area contributed by atoms with E-state index in [1.807, 2.05) is 49.4 Å². The van der Waals surface area contributed by atoms with Crippen LogP contribution in [0.4, 0.5) is 21.5 Å². The Bertz CT molecular complexity index is 1320. The molecule has 0 saturated heterocycles. The molecule has 4 rings (SSSR count). The summed E-state index contributed by atoms with van der Waals surface area (Å²) in [6.07, 6.45) is 7.05. The molecule has 2 heterocycles. The van der Waals surface area contributed by atoms with Gasteiger partial charge in [0.2, 0.25) is 0 Å². The minimum atomic E-state index is -0.240. The Morgan fingerprint density at radius 3 is 2.52 bits per heavy atom. The number of anilines is 1. The molecule has 0 saturated carbocycles. The first-order chi connectivity index (χ1) is 16.1. The first-order valence-electron chi connectivity index (χ1n) is 10.6. The number of pyridine rings is 2.